The number of likely N-dealkylation sites (tertiary alicyclic amines) is 1. The summed E-state index contributed by atoms with van der Waals surface area (Å²) < 4.78 is 5.12. The molecule has 0 aromatic heterocycles. The maximum atomic E-state index is 13.0. The molecule has 1 aromatic rings. The Morgan fingerprint density at radius 1 is 1.19 bits per heavy atom. The summed E-state index contributed by atoms with van der Waals surface area (Å²) in [6, 6.07) is 7.52. The molecule has 2 aliphatic rings. The van der Waals surface area contributed by atoms with Crippen LogP contribution in [0.1, 0.15) is 18.4 Å². The summed E-state index contributed by atoms with van der Waals surface area (Å²) in [5.41, 5.74) is 1.03. The molecule has 2 amide bonds. The molecule has 3 rings (SSSR count). The first-order valence-electron chi connectivity index (χ1n) is 9.59. The fraction of sp³-hybridized carbons (Fsp3) is 0.600. The highest BCUT2D eigenvalue weighted by atomic mass is 35.5. The third-order valence-corrected chi connectivity index (χ3v) is 5.68. The van der Waals surface area contributed by atoms with Gasteiger partial charge in [0.2, 0.25) is 11.8 Å². The molecule has 0 saturated carbocycles. The zero-order chi connectivity index (χ0) is 19.2. The second kappa shape index (κ2) is 9.53. The lowest BCUT2D eigenvalue weighted by atomic mass is 9.95. The van der Waals surface area contributed by atoms with E-state index in [1.54, 1.807) is 7.11 Å². The van der Waals surface area contributed by atoms with E-state index in [4.69, 9.17) is 16.3 Å². The standard InChI is InChI=1S/C20H28ClN3O3/c1-27-13-12-22-8-10-23(11-9-22)20(26)17-4-7-19(25)24(15-17)14-16-2-5-18(21)6-3-16/h2-3,5-6,17H,4,7-15H2,1H3/t17-/m0/s1. The number of methoxy groups -OCH3 is 1. The summed E-state index contributed by atoms with van der Waals surface area (Å²) in [4.78, 5) is 31.4. The summed E-state index contributed by atoms with van der Waals surface area (Å²) in [5, 5.41) is 0.682. The van der Waals surface area contributed by atoms with Crippen LogP contribution in [0.4, 0.5) is 0 Å². The predicted octanol–water partition coefficient (Wildman–Crippen LogP) is 1.87. The van der Waals surface area contributed by atoms with Gasteiger partial charge in [-0.15, -0.1) is 0 Å². The Kier molecular flexibility index (Phi) is 7.10. The highest BCUT2D eigenvalue weighted by Gasteiger charge is 2.33. The molecular formula is C20H28ClN3O3. The van der Waals surface area contributed by atoms with Crippen LogP contribution in [-0.4, -0.2) is 79.5 Å². The number of piperazine rings is 1. The quantitative estimate of drug-likeness (QED) is 0.740. The SMILES string of the molecule is COCCN1CCN(C(=O)[C@H]2CCC(=O)N(Cc3ccc(Cl)cc3)C2)CC1. The van der Waals surface area contributed by atoms with Crippen LogP contribution in [0, 0.1) is 5.92 Å². The van der Waals surface area contributed by atoms with Crippen molar-refractivity contribution in [3.05, 3.63) is 34.9 Å². The second-order valence-electron chi connectivity index (χ2n) is 7.30. The van der Waals surface area contributed by atoms with E-state index in [0.29, 0.717) is 31.0 Å². The summed E-state index contributed by atoms with van der Waals surface area (Å²) in [5.74, 6) is 0.217. The third kappa shape index (κ3) is 5.43. The van der Waals surface area contributed by atoms with Crippen LogP contribution in [0.5, 0.6) is 0 Å². The van der Waals surface area contributed by atoms with Crippen molar-refractivity contribution < 1.29 is 14.3 Å². The van der Waals surface area contributed by atoms with Crippen LogP contribution in [0.15, 0.2) is 24.3 Å². The van der Waals surface area contributed by atoms with Crippen molar-refractivity contribution in [2.24, 2.45) is 5.92 Å². The molecule has 2 heterocycles. The van der Waals surface area contributed by atoms with E-state index in [9.17, 15) is 9.59 Å². The number of nitrogens with zero attached hydrogens (tertiary/aromatic N) is 3. The number of piperidine rings is 1. The Bertz CT molecular complexity index is 644. The Labute approximate surface area is 166 Å². The minimum absolute atomic E-state index is 0.0967. The number of hydrogen-bond acceptors (Lipinski definition) is 4. The van der Waals surface area contributed by atoms with Gasteiger partial charge in [0.15, 0.2) is 0 Å². The minimum atomic E-state index is -0.0967. The number of carbonyl (C=O) groups is 2. The van der Waals surface area contributed by atoms with E-state index in [0.717, 1.165) is 44.9 Å². The number of ether oxygens (including phenoxy) is 1. The summed E-state index contributed by atoms with van der Waals surface area (Å²) >= 11 is 5.93. The van der Waals surface area contributed by atoms with E-state index in [-0.39, 0.29) is 17.7 Å². The molecule has 2 saturated heterocycles. The first-order chi connectivity index (χ1) is 13.1. The first-order valence-corrected chi connectivity index (χ1v) is 9.97. The molecule has 2 aliphatic heterocycles. The molecule has 0 N–H and O–H groups in total. The van der Waals surface area contributed by atoms with Gasteiger partial charge in [-0.1, -0.05) is 23.7 Å². The normalized spacial score (nSPS) is 21.6. The lowest BCUT2D eigenvalue weighted by molar-refractivity contribution is -0.144. The maximum Gasteiger partial charge on any atom is 0.227 e. The number of amides is 2. The van der Waals surface area contributed by atoms with Crippen molar-refractivity contribution in [3.8, 4) is 0 Å². The van der Waals surface area contributed by atoms with Crippen LogP contribution in [0.3, 0.4) is 0 Å². The van der Waals surface area contributed by atoms with Crippen molar-refractivity contribution >= 4 is 23.4 Å². The lowest BCUT2D eigenvalue weighted by Crippen LogP contribution is -2.53. The monoisotopic (exact) mass is 393 g/mol. The zero-order valence-corrected chi connectivity index (χ0v) is 16.7. The average molecular weight is 394 g/mol. The molecule has 0 bridgehead atoms. The van der Waals surface area contributed by atoms with E-state index in [2.05, 4.69) is 4.90 Å². The van der Waals surface area contributed by atoms with Gasteiger partial charge in [-0.05, 0) is 24.1 Å². The van der Waals surface area contributed by atoms with Gasteiger partial charge in [0, 0.05) is 64.4 Å². The molecule has 7 heteroatoms. The molecule has 0 radical (unpaired) electrons. The Morgan fingerprint density at radius 2 is 1.89 bits per heavy atom. The van der Waals surface area contributed by atoms with E-state index >= 15 is 0 Å². The van der Waals surface area contributed by atoms with Crippen molar-refractivity contribution in [2.45, 2.75) is 19.4 Å². The second-order valence-corrected chi connectivity index (χ2v) is 7.73. The number of rotatable bonds is 6. The predicted molar refractivity (Wildman–Crippen MR) is 104 cm³/mol. The Morgan fingerprint density at radius 3 is 2.56 bits per heavy atom. The van der Waals surface area contributed by atoms with Gasteiger partial charge < -0.3 is 14.5 Å². The van der Waals surface area contributed by atoms with Crippen LogP contribution in [-0.2, 0) is 20.9 Å². The number of halogens is 1. The van der Waals surface area contributed by atoms with Crippen molar-refractivity contribution in [1.82, 2.24) is 14.7 Å². The van der Waals surface area contributed by atoms with Gasteiger partial charge in [-0.3, -0.25) is 14.5 Å². The highest BCUT2D eigenvalue weighted by Crippen LogP contribution is 2.23. The molecule has 6 nitrogen and oxygen atoms in total. The van der Waals surface area contributed by atoms with Crippen molar-refractivity contribution in [3.63, 3.8) is 0 Å². The number of benzene rings is 1. The molecule has 0 aliphatic carbocycles. The summed E-state index contributed by atoms with van der Waals surface area (Å²) in [7, 11) is 1.71. The topological polar surface area (TPSA) is 53.1 Å². The molecule has 148 valence electrons. The molecule has 0 spiro atoms. The van der Waals surface area contributed by atoms with Crippen molar-refractivity contribution in [1.29, 1.82) is 0 Å². The van der Waals surface area contributed by atoms with Crippen LogP contribution in [0.25, 0.3) is 0 Å². The van der Waals surface area contributed by atoms with Crippen LogP contribution < -0.4 is 0 Å². The Hall–Kier alpha value is -1.63. The van der Waals surface area contributed by atoms with E-state index in [1.165, 1.54) is 0 Å². The first kappa shape index (κ1) is 20.1. The number of carbonyl (C=O) groups excluding carboxylic acids is 2. The molecular weight excluding hydrogens is 366 g/mol. The van der Waals surface area contributed by atoms with Gasteiger partial charge in [0.25, 0.3) is 0 Å². The lowest BCUT2D eigenvalue weighted by Gasteiger charge is -2.39. The van der Waals surface area contributed by atoms with E-state index < -0.39 is 0 Å². The molecule has 1 atom stereocenters. The third-order valence-electron chi connectivity index (χ3n) is 5.43. The maximum absolute atomic E-state index is 13.0. The van der Waals surface area contributed by atoms with Gasteiger partial charge in [-0.25, -0.2) is 0 Å². The van der Waals surface area contributed by atoms with Gasteiger partial charge in [0.1, 0.15) is 0 Å². The molecule has 1 aromatic carbocycles. The summed E-state index contributed by atoms with van der Waals surface area (Å²) in [6.07, 6.45) is 1.09. The number of hydrogen-bond donors (Lipinski definition) is 0. The van der Waals surface area contributed by atoms with Gasteiger partial charge in [-0.2, -0.15) is 0 Å². The van der Waals surface area contributed by atoms with Gasteiger partial charge >= 0.3 is 0 Å². The van der Waals surface area contributed by atoms with E-state index in [1.807, 2.05) is 34.1 Å². The molecule has 0 unspecified atom stereocenters. The summed E-state index contributed by atoms with van der Waals surface area (Å²) in [6.45, 7) is 5.94. The fourth-order valence-corrected chi connectivity index (χ4v) is 3.88. The highest BCUT2D eigenvalue weighted by molar-refractivity contribution is 6.30. The van der Waals surface area contributed by atoms with Crippen molar-refractivity contribution in [2.75, 3.05) is 53.0 Å². The van der Waals surface area contributed by atoms with Crippen LogP contribution >= 0.6 is 11.6 Å². The Balaban J connectivity index is 1.53. The van der Waals surface area contributed by atoms with Gasteiger partial charge in [0.05, 0.1) is 12.5 Å². The fourth-order valence-electron chi connectivity index (χ4n) is 3.75. The zero-order valence-electron chi connectivity index (χ0n) is 15.9. The molecule has 2 fully saturated rings. The molecule has 27 heavy (non-hydrogen) atoms. The minimum Gasteiger partial charge on any atom is -0.383 e. The largest absolute Gasteiger partial charge is 0.383 e. The van der Waals surface area contributed by atoms with Crippen LogP contribution in [0.2, 0.25) is 5.02 Å². The average Bonchev–Trinajstić information content (AvgIpc) is 2.69. The smallest absolute Gasteiger partial charge is 0.227 e.